The molecular weight excluding hydrogens is 260 g/mol. The summed E-state index contributed by atoms with van der Waals surface area (Å²) in [5, 5.41) is 2.94. The van der Waals surface area contributed by atoms with Gasteiger partial charge in [-0.2, -0.15) is 13.2 Å². The van der Waals surface area contributed by atoms with Crippen LogP contribution in [-0.2, 0) is 12.7 Å². The average molecular weight is 278 g/mol. The van der Waals surface area contributed by atoms with E-state index in [9.17, 15) is 17.6 Å². The van der Waals surface area contributed by atoms with Crippen molar-refractivity contribution < 1.29 is 17.6 Å². The summed E-state index contributed by atoms with van der Waals surface area (Å²) in [6.45, 7) is 1.61. The van der Waals surface area contributed by atoms with Crippen molar-refractivity contribution in [3.63, 3.8) is 0 Å². The zero-order chi connectivity index (χ0) is 14.5. The highest BCUT2D eigenvalue weighted by atomic mass is 19.4. The summed E-state index contributed by atoms with van der Waals surface area (Å²) in [6.07, 6.45) is -3.58. The number of halogens is 4. The van der Waals surface area contributed by atoms with Gasteiger partial charge in [-0.3, -0.25) is 0 Å². The van der Waals surface area contributed by atoms with Crippen LogP contribution in [0.2, 0.25) is 0 Å². The molecule has 0 aliphatic heterocycles. The van der Waals surface area contributed by atoms with Crippen molar-refractivity contribution in [3.8, 4) is 0 Å². The summed E-state index contributed by atoms with van der Waals surface area (Å²) in [4.78, 5) is 2.01. The second-order valence-corrected chi connectivity index (χ2v) is 4.64. The van der Waals surface area contributed by atoms with Crippen LogP contribution in [-0.4, -0.2) is 32.1 Å². The first-order chi connectivity index (χ1) is 8.80. The van der Waals surface area contributed by atoms with E-state index in [0.717, 1.165) is 31.2 Å². The number of nitrogens with zero attached hydrogens (tertiary/aromatic N) is 1. The van der Waals surface area contributed by atoms with Crippen LogP contribution in [0.3, 0.4) is 0 Å². The van der Waals surface area contributed by atoms with Crippen LogP contribution < -0.4 is 5.32 Å². The van der Waals surface area contributed by atoms with Crippen LogP contribution in [0, 0.1) is 5.82 Å². The standard InChI is InChI=1S/C13H18F4N2/c1-19(2)7-3-6-18-9-10-8-11(13(15,16)17)4-5-12(10)14/h4-5,8,18H,3,6-7,9H2,1-2H3. The minimum absolute atomic E-state index is 0.0414. The molecule has 19 heavy (non-hydrogen) atoms. The Bertz CT molecular complexity index is 402. The molecule has 6 heteroatoms. The molecule has 0 bridgehead atoms. The average Bonchev–Trinajstić information content (AvgIpc) is 2.29. The summed E-state index contributed by atoms with van der Waals surface area (Å²) >= 11 is 0. The fourth-order valence-corrected chi connectivity index (χ4v) is 1.63. The number of benzene rings is 1. The molecule has 0 amide bonds. The predicted octanol–water partition coefficient (Wildman–Crippen LogP) is 2.89. The molecule has 0 heterocycles. The minimum Gasteiger partial charge on any atom is -0.313 e. The van der Waals surface area contributed by atoms with Crippen molar-refractivity contribution in [1.82, 2.24) is 10.2 Å². The van der Waals surface area contributed by atoms with Crippen molar-refractivity contribution in [1.29, 1.82) is 0 Å². The third-order valence-corrected chi connectivity index (χ3v) is 2.65. The molecule has 1 aromatic carbocycles. The first kappa shape index (κ1) is 15.9. The highest BCUT2D eigenvalue weighted by molar-refractivity contribution is 5.27. The van der Waals surface area contributed by atoms with Crippen molar-refractivity contribution in [3.05, 3.63) is 35.1 Å². The van der Waals surface area contributed by atoms with Gasteiger partial charge in [0.1, 0.15) is 5.82 Å². The molecule has 0 fully saturated rings. The Kier molecular flexibility index (Phi) is 5.75. The van der Waals surface area contributed by atoms with Gasteiger partial charge in [0.2, 0.25) is 0 Å². The van der Waals surface area contributed by atoms with E-state index in [4.69, 9.17) is 0 Å². The molecule has 0 aliphatic carbocycles. The summed E-state index contributed by atoms with van der Waals surface area (Å²) in [5.41, 5.74) is -0.779. The fourth-order valence-electron chi connectivity index (χ4n) is 1.63. The van der Waals surface area contributed by atoms with E-state index in [2.05, 4.69) is 5.32 Å². The van der Waals surface area contributed by atoms with E-state index in [1.165, 1.54) is 0 Å². The summed E-state index contributed by atoms with van der Waals surface area (Å²) < 4.78 is 50.8. The van der Waals surface area contributed by atoms with E-state index in [1.54, 1.807) is 0 Å². The fraction of sp³-hybridized carbons (Fsp3) is 0.538. The van der Waals surface area contributed by atoms with Crippen molar-refractivity contribution in [2.45, 2.75) is 19.1 Å². The third kappa shape index (κ3) is 5.57. The lowest BCUT2D eigenvalue weighted by Crippen LogP contribution is -2.21. The quantitative estimate of drug-likeness (QED) is 0.636. The van der Waals surface area contributed by atoms with Crippen molar-refractivity contribution in [2.75, 3.05) is 27.2 Å². The molecule has 0 spiro atoms. The number of hydrogen-bond donors (Lipinski definition) is 1. The molecule has 1 aromatic rings. The monoisotopic (exact) mass is 278 g/mol. The second-order valence-electron chi connectivity index (χ2n) is 4.64. The SMILES string of the molecule is CN(C)CCCNCc1cc(C(F)(F)F)ccc1F. The zero-order valence-electron chi connectivity index (χ0n) is 11.0. The molecule has 0 atom stereocenters. The van der Waals surface area contributed by atoms with Gasteiger partial charge in [-0.05, 0) is 51.8 Å². The van der Waals surface area contributed by atoms with Gasteiger partial charge < -0.3 is 10.2 Å². The molecular formula is C13H18F4N2. The smallest absolute Gasteiger partial charge is 0.313 e. The number of rotatable bonds is 6. The van der Waals surface area contributed by atoms with E-state index < -0.39 is 17.6 Å². The van der Waals surface area contributed by atoms with Crippen LogP contribution in [0.25, 0.3) is 0 Å². The van der Waals surface area contributed by atoms with Crippen molar-refractivity contribution in [2.24, 2.45) is 0 Å². The summed E-state index contributed by atoms with van der Waals surface area (Å²) in [6, 6.07) is 2.47. The normalized spacial score (nSPS) is 12.2. The van der Waals surface area contributed by atoms with Gasteiger partial charge in [-0.15, -0.1) is 0 Å². The Morgan fingerprint density at radius 3 is 2.47 bits per heavy atom. The van der Waals surface area contributed by atoms with E-state index in [-0.39, 0.29) is 12.1 Å². The van der Waals surface area contributed by atoms with Gasteiger partial charge >= 0.3 is 6.18 Å². The Morgan fingerprint density at radius 1 is 1.21 bits per heavy atom. The predicted molar refractivity (Wildman–Crippen MR) is 66.3 cm³/mol. The van der Waals surface area contributed by atoms with Crippen molar-refractivity contribution >= 4 is 0 Å². The third-order valence-electron chi connectivity index (χ3n) is 2.65. The maximum absolute atomic E-state index is 13.4. The Morgan fingerprint density at radius 2 is 1.89 bits per heavy atom. The summed E-state index contributed by atoms with van der Waals surface area (Å²) in [5.74, 6) is -0.617. The van der Waals surface area contributed by atoms with Crippen LogP contribution >= 0.6 is 0 Å². The summed E-state index contributed by atoms with van der Waals surface area (Å²) in [7, 11) is 3.87. The van der Waals surface area contributed by atoms with Gasteiger partial charge in [-0.25, -0.2) is 4.39 Å². The second kappa shape index (κ2) is 6.86. The first-order valence-corrected chi connectivity index (χ1v) is 6.02. The molecule has 0 aromatic heterocycles. The lowest BCUT2D eigenvalue weighted by atomic mass is 10.1. The molecule has 0 radical (unpaired) electrons. The molecule has 0 aliphatic rings. The maximum atomic E-state index is 13.4. The molecule has 0 saturated heterocycles. The Balaban J connectivity index is 2.53. The highest BCUT2D eigenvalue weighted by Crippen LogP contribution is 2.30. The van der Waals surface area contributed by atoms with Gasteiger partial charge in [0, 0.05) is 12.1 Å². The van der Waals surface area contributed by atoms with Crippen LogP contribution in [0.5, 0.6) is 0 Å². The van der Waals surface area contributed by atoms with Gasteiger partial charge in [0.05, 0.1) is 5.56 Å². The molecule has 108 valence electrons. The molecule has 0 saturated carbocycles. The van der Waals surface area contributed by atoms with E-state index >= 15 is 0 Å². The van der Waals surface area contributed by atoms with Gasteiger partial charge in [0.15, 0.2) is 0 Å². The van der Waals surface area contributed by atoms with Gasteiger partial charge in [-0.1, -0.05) is 0 Å². The van der Waals surface area contributed by atoms with Crippen LogP contribution in [0.15, 0.2) is 18.2 Å². The van der Waals surface area contributed by atoms with Gasteiger partial charge in [0.25, 0.3) is 0 Å². The number of hydrogen-bond acceptors (Lipinski definition) is 2. The zero-order valence-corrected chi connectivity index (χ0v) is 11.0. The lowest BCUT2D eigenvalue weighted by Gasteiger charge is -2.12. The Hall–Kier alpha value is -1.14. The van der Waals surface area contributed by atoms with Crippen LogP contribution in [0.1, 0.15) is 17.5 Å². The maximum Gasteiger partial charge on any atom is 0.416 e. The minimum atomic E-state index is -4.44. The molecule has 1 rings (SSSR count). The largest absolute Gasteiger partial charge is 0.416 e. The van der Waals surface area contributed by atoms with E-state index in [0.29, 0.717) is 6.54 Å². The van der Waals surface area contributed by atoms with Crippen LogP contribution in [0.4, 0.5) is 17.6 Å². The lowest BCUT2D eigenvalue weighted by molar-refractivity contribution is -0.137. The first-order valence-electron chi connectivity index (χ1n) is 6.02. The molecule has 0 unspecified atom stereocenters. The van der Waals surface area contributed by atoms with E-state index in [1.807, 2.05) is 19.0 Å². The molecule has 2 nitrogen and oxygen atoms in total. The topological polar surface area (TPSA) is 15.3 Å². The number of alkyl halides is 3. The number of nitrogens with one attached hydrogen (secondary N) is 1. The Labute approximate surface area is 110 Å². The molecule has 1 N–H and O–H groups in total. The highest BCUT2D eigenvalue weighted by Gasteiger charge is 2.30.